The van der Waals surface area contributed by atoms with Gasteiger partial charge in [0.25, 0.3) is 0 Å². The summed E-state index contributed by atoms with van der Waals surface area (Å²) in [6.45, 7) is 9.66. The van der Waals surface area contributed by atoms with E-state index in [4.69, 9.17) is 9.47 Å². The largest absolute Gasteiger partial charge is 0.460 e. The summed E-state index contributed by atoms with van der Waals surface area (Å²) >= 11 is 0. The molecule has 2 aliphatic carbocycles. The highest BCUT2D eigenvalue weighted by Crippen LogP contribution is 2.45. The molecule has 3 N–H and O–H groups in total. The molecule has 0 unspecified atom stereocenters. The number of aliphatic hydroxyl groups excluding tert-OH is 2. The van der Waals surface area contributed by atoms with Crippen LogP contribution >= 0.6 is 0 Å². The van der Waals surface area contributed by atoms with E-state index in [0.29, 0.717) is 22.4 Å². The van der Waals surface area contributed by atoms with Gasteiger partial charge in [0.2, 0.25) is 6.29 Å². The van der Waals surface area contributed by atoms with Crippen molar-refractivity contribution in [2.24, 2.45) is 0 Å². The number of rotatable bonds is 1. The molecular formula is C27H29NO7. The molecule has 8 nitrogen and oxygen atoms in total. The molecule has 6 rings (SSSR count). The van der Waals surface area contributed by atoms with E-state index >= 15 is 0 Å². The fourth-order valence-corrected chi connectivity index (χ4v) is 6.61. The zero-order chi connectivity index (χ0) is 25.0. The average molecular weight is 480 g/mol. The van der Waals surface area contributed by atoms with Gasteiger partial charge in [0, 0.05) is 39.0 Å². The summed E-state index contributed by atoms with van der Waals surface area (Å²) in [6.07, 6.45) is 1.05. The molecule has 1 saturated carbocycles. The Kier molecular flexibility index (Phi) is 4.77. The number of carbonyl (C=O) groups is 1. The topological polar surface area (TPSA) is 117 Å². The van der Waals surface area contributed by atoms with Crippen LogP contribution in [0.5, 0.6) is 5.75 Å². The Hall–Kier alpha value is -2.78. The molecule has 5 aliphatic rings. The van der Waals surface area contributed by atoms with E-state index in [-0.39, 0.29) is 27.9 Å². The maximum absolute atomic E-state index is 13.7. The maximum Gasteiger partial charge on any atom is 0.236 e. The lowest BCUT2D eigenvalue weighted by atomic mass is 9.82. The van der Waals surface area contributed by atoms with Gasteiger partial charge in [-0.15, -0.1) is 0 Å². The first-order valence-electron chi connectivity index (χ1n) is 12.2. The van der Waals surface area contributed by atoms with Crippen molar-refractivity contribution in [3.05, 3.63) is 60.9 Å². The number of hydrogen-bond donors (Lipinski definition) is 3. The predicted octanol–water partition coefficient (Wildman–Crippen LogP) is 0.287. The van der Waals surface area contributed by atoms with Gasteiger partial charge in [-0.2, -0.15) is 0 Å². The average Bonchev–Trinajstić information content (AvgIpc) is 3.47. The Morgan fingerprint density at radius 1 is 1.17 bits per heavy atom. The molecule has 0 amide bonds. The van der Waals surface area contributed by atoms with Crippen LogP contribution in [-0.4, -0.2) is 56.6 Å². The van der Waals surface area contributed by atoms with Crippen molar-refractivity contribution in [1.82, 2.24) is 4.90 Å². The SMILES string of the molecule is C=c1c2c(c(=O)cc3c1=C1C=C(C)N(C4CCCC4)C(C)=C1C3=O)[C@]1(O)[C@H](O2)O[C@H](C)[C@H](O)[C@H]1O. The van der Waals surface area contributed by atoms with Gasteiger partial charge in [-0.3, -0.25) is 9.59 Å². The molecule has 0 spiro atoms. The third-order valence-electron chi connectivity index (χ3n) is 8.33. The van der Waals surface area contributed by atoms with Gasteiger partial charge in [-0.1, -0.05) is 19.4 Å². The number of fused-ring (bicyclic) bond motifs is 5. The van der Waals surface area contributed by atoms with Crippen LogP contribution in [0.2, 0.25) is 0 Å². The van der Waals surface area contributed by atoms with E-state index < -0.39 is 35.6 Å². The van der Waals surface area contributed by atoms with Gasteiger partial charge >= 0.3 is 0 Å². The van der Waals surface area contributed by atoms with Crippen molar-refractivity contribution < 1.29 is 29.6 Å². The number of Topliss-reactive ketones (excluding diaryl/α,β-unsaturated/α-hetero) is 1. The third kappa shape index (κ3) is 2.76. The van der Waals surface area contributed by atoms with E-state index in [1.54, 1.807) is 6.92 Å². The van der Waals surface area contributed by atoms with E-state index in [9.17, 15) is 24.9 Å². The van der Waals surface area contributed by atoms with Crippen molar-refractivity contribution in [2.45, 2.75) is 82.7 Å². The third-order valence-corrected chi connectivity index (χ3v) is 8.33. The van der Waals surface area contributed by atoms with Gasteiger partial charge < -0.3 is 29.7 Å². The lowest BCUT2D eigenvalue weighted by Crippen LogP contribution is -2.63. The summed E-state index contributed by atoms with van der Waals surface area (Å²) in [5.41, 5.74) is 0.0800. The summed E-state index contributed by atoms with van der Waals surface area (Å²) < 4.78 is 11.5. The van der Waals surface area contributed by atoms with E-state index in [1.807, 2.05) is 19.9 Å². The fourth-order valence-electron chi connectivity index (χ4n) is 6.61. The number of hydrogen-bond acceptors (Lipinski definition) is 8. The van der Waals surface area contributed by atoms with Gasteiger partial charge in [-0.05, 0) is 51.3 Å². The summed E-state index contributed by atoms with van der Waals surface area (Å²) in [4.78, 5) is 29.4. The number of aliphatic hydroxyl groups is 3. The molecule has 184 valence electrons. The predicted molar refractivity (Wildman–Crippen MR) is 127 cm³/mol. The highest BCUT2D eigenvalue weighted by Gasteiger charge is 2.62. The van der Waals surface area contributed by atoms with Crippen LogP contribution in [0.25, 0.3) is 12.2 Å². The fraction of sp³-hybridized carbons (Fsp3) is 0.481. The Morgan fingerprint density at radius 3 is 2.54 bits per heavy atom. The van der Waals surface area contributed by atoms with Crippen LogP contribution in [0.1, 0.15) is 62.4 Å². The second kappa shape index (κ2) is 7.36. The molecule has 0 aromatic heterocycles. The quantitative estimate of drug-likeness (QED) is 0.526. The zero-order valence-corrected chi connectivity index (χ0v) is 20.0. The second-order valence-corrected chi connectivity index (χ2v) is 10.3. The van der Waals surface area contributed by atoms with Gasteiger partial charge in [0.05, 0.1) is 11.7 Å². The van der Waals surface area contributed by atoms with Crippen LogP contribution in [0.3, 0.4) is 0 Å². The number of ether oxygens (including phenoxy) is 2. The molecule has 0 radical (unpaired) electrons. The molecule has 0 bridgehead atoms. The molecule has 1 saturated heterocycles. The van der Waals surface area contributed by atoms with Gasteiger partial charge in [-0.25, -0.2) is 0 Å². The molecular weight excluding hydrogens is 450 g/mol. The highest BCUT2D eigenvalue weighted by atomic mass is 16.7. The van der Waals surface area contributed by atoms with Crippen LogP contribution in [-0.2, 0) is 10.3 Å². The minimum absolute atomic E-state index is 0.0208. The van der Waals surface area contributed by atoms with Crippen LogP contribution < -0.4 is 20.6 Å². The first-order chi connectivity index (χ1) is 16.6. The summed E-state index contributed by atoms with van der Waals surface area (Å²) in [5.74, 6) is -0.292. The summed E-state index contributed by atoms with van der Waals surface area (Å²) in [5, 5.41) is 33.3. The zero-order valence-electron chi connectivity index (χ0n) is 20.0. The Balaban J connectivity index is 1.63. The van der Waals surface area contributed by atoms with E-state index in [0.717, 1.165) is 37.1 Å². The number of allylic oxidation sites excluding steroid dienone is 4. The lowest BCUT2D eigenvalue weighted by molar-refractivity contribution is -0.307. The first-order valence-corrected chi connectivity index (χ1v) is 12.2. The van der Waals surface area contributed by atoms with Crippen molar-refractivity contribution in [3.8, 4) is 5.75 Å². The van der Waals surface area contributed by atoms with Crippen molar-refractivity contribution in [2.75, 3.05) is 0 Å². The van der Waals surface area contributed by atoms with E-state index in [1.165, 1.54) is 6.07 Å². The van der Waals surface area contributed by atoms with Crippen molar-refractivity contribution in [1.29, 1.82) is 0 Å². The molecule has 1 aromatic carbocycles. The normalized spacial score (nSPS) is 33.9. The van der Waals surface area contributed by atoms with Crippen molar-refractivity contribution in [3.63, 3.8) is 0 Å². The molecule has 3 aliphatic heterocycles. The van der Waals surface area contributed by atoms with Crippen LogP contribution in [0, 0.1) is 0 Å². The Morgan fingerprint density at radius 2 is 1.86 bits per heavy atom. The molecule has 3 heterocycles. The number of nitrogens with zero attached hydrogens (tertiary/aromatic N) is 1. The first kappa shape index (κ1) is 22.7. The standard InChI is InChI=1S/C27H29NO7/c1-11-9-16-19-12(2)24-21(27(33)25(32)22(30)14(4)34-26(27)35-24)18(29)10-17(19)23(31)20(16)13(3)28(11)15-7-5-6-8-15/h9-10,14-15,22,25-26,30,32-33H,2,5-8H2,1,3-4H3/t14-,22+,25-,26+,27-/m1/s1. The molecule has 1 aromatic rings. The molecule has 8 heteroatoms. The molecule has 35 heavy (non-hydrogen) atoms. The van der Waals surface area contributed by atoms with Crippen molar-refractivity contribution >= 4 is 17.9 Å². The van der Waals surface area contributed by atoms with Gasteiger partial charge in [0.1, 0.15) is 18.0 Å². The van der Waals surface area contributed by atoms with Crippen LogP contribution in [0.15, 0.2) is 33.9 Å². The summed E-state index contributed by atoms with van der Waals surface area (Å²) in [6, 6.07) is 1.54. The minimum Gasteiger partial charge on any atom is -0.460 e. The van der Waals surface area contributed by atoms with Crippen LogP contribution in [0.4, 0.5) is 0 Å². The Labute approximate surface area is 202 Å². The Bertz CT molecular complexity index is 1420. The number of carbonyl (C=O) groups excluding carboxylic acids is 1. The number of ketones is 1. The highest BCUT2D eigenvalue weighted by molar-refractivity contribution is 6.23. The minimum atomic E-state index is -2.29. The maximum atomic E-state index is 13.7. The van der Waals surface area contributed by atoms with Gasteiger partial charge in [0.15, 0.2) is 16.8 Å². The molecule has 5 atom stereocenters. The lowest BCUT2D eigenvalue weighted by Gasteiger charge is -2.42. The molecule has 2 fully saturated rings. The monoisotopic (exact) mass is 479 g/mol. The summed E-state index contributed by atoms with van der Waals surface area (Å²) in [7, 11) is 0. The second-order valence-electron chi connectivity index (χ2n) is 10.3. The smallest absolute Gasteiger partial charge is 0.236 e. The van der Waals surface area contributed by atoms with E-state index in [2.05, 4.69) is 11.5 Å².